The van der Waals surface area contributed by atoms with Crippen LogP contribution in [0.15, 0.2) is 36.5 Å². The normalized spacial score (nSPS) is 28.9. The van der Waals surface area contributed by atoms with Crippen LogP contribution < -0.4 is 15.4 Å². The van der Waals surface area contributed by atoms with Crippen LogP contribution in [0.1, 0.15) is 133 Å². The van der Waals surface area contributed by atoms with Crippen molar-refractivity contribution >= 4 is 24.0 Å². The van der Waals surface area contributed by atoms with Crippen molar-refractivity contribution in [1.82, 2.24) is 40.4 Å². The summed E-state index contributed by atoms with van der Waals surface area (Å²) in [6, 6.07) is 8.67. The first-order valence-corrected chi connectivity index (χ1v) is 25.4. The molecule has 2 aromatic carbocycles. The quantitative estimate of drug-likeness (QED) is 0.126. The highest BCUT2D eigenvalue weighted by atomic mass is 16.5. The van der Waals surface area contributed by atoms with Crippen LogP contribution in [0.2, 0.25) is 0 Å². The number of fused-ring (bicyclic) bond motifs is 6. The summed E-state index contributed by atoms with van der Waals surface area (Å²) in [5, 5.41) is 5.80. The van der Waals surface area contributed by atoms with E-state index < -0.39 is 24.3 Å². The highest BCUT2D eigenvalue weighted by molar-refractivity contribution is 5.88. The molecule has 0 spiro atoms. The smallest absolute Gasteiger partial charge is 0.407 e. The number of aryl methyl sites for hydroxylation is 2. The van der Waals surface area contributed by atoms with Gasteiger partial charge in [0.15, 0.2) is 0 Å². The van der Waals surface area contributed by atoms with E-state index in [4.69, 9.17) is 33.7 Å². The van der Waals surface area contributed by atoms with Crippen molar-refractivity contribution in [2.75, 3.05) is 14.2 Å². The third-order valence-electron chi connectivity index (χ3n) is 15.9. The molecule has 7 heterocycles. The number of carbonyl (C=O) groups excluding carboxylic acids is 4. The summed E-state index contributed by atoms with van der Waals surface area (Å²) in [5.41, 5.74) is 9.19. The second kappa shape index (κ2) is 19.3. The number of amides is 4. The van der Waals surface area contributed by atoms with Gasteiger partial charge in [0.25, 0.3) is 0 Å². The summed E-state index contributed by atoms with van der Waals surface area (Å²) in [7, 11) is 2.64. The Balaban J connectivity index is 0.873. The maximum Gasteiger partial charge on any atom is 0.407 e. The summed E-state index contributed by atoms with van der Waals surface area (Å²) in [5.74, 6) is 1.84. The number of likely N-dealkylation sites (tertiary alicyclic amines) is 2. The van der Waals surface area contributed by atoms with Gasteiger partial charge in [0.1, 0.15) is 36.1 Å². The highest BCUT2D eigenvalue weighted by Gasteiger charge is 2.46. The number of aromatic amines is 2. The number of rotatable bonds is 9. The van der Waals surface area contributed by atoms with Crippen molar-refractivity contribution in [1.29, 1.82) is 0 Å². The summed E-state index contributed by atoms with van der Waals surface area (Å²) in [6.45, 7) is 12.6. The maximum absolute atomic E-state index is 14.6. The van der Waals surface area contributed by atoms with E-state index >= 15 is 0 Å². The fraction of sp³-hybridized carbons (Fsp3) is 0.585. The van der Waals surface area contributed by atoms with Crippen molar-refractivity contribution in [2.24, 2.45) is 11.8 Å². The standard InChI is InChI=1S/C53H68N8O9/c1-26-9-15-42(60(26)50(62)45(58-52(64)66-7)34-17-28(3)69-29(4)18-34)48-54-24-41(56-48)33-11-13-37-36(21-33)25-68-44-23-38-32(22-39(37)44)12-14-40-47(38)57-49(55-40)43-16-10-27(2)61(43)51(63)46(59-53(65)67-8)35-19-30(5)70-31(6)20-35/h11,13,21-24,26-31,34-35,42-43,45-46H,9-10,12,14-20,25H2,1-8H3,(H,54,56)(H,55,57)(H,58,64)(H,59,65). The SMILES string of the molecule is COC(=O)NC(C(=O)N1C(C)CCC1c1ncc(-c2ccc3c(c2)COc2cc4c(cc2-3)CCc2[nH]c(C3CCC(C)N3C(=O)C(NC(=O)OC)C3CC(C)OC(C)C3)nc2-4)[nH]1)C1CC(C)OC(C)C1. The fourth-order valence-electron chi connectivity index (χ4n) is 12.7. The number of carbonyl (C=O) groups is 4. The van der Waals surface area contributed by atoms with Crippen LogP contribution in [0, 0.1) is 11.8 Å². The lowest BCUT2D eigenvalue weighted by atomic mass is 9.85. The van der Waals surface area contributed by atoms with Gasteiger partial charge < -0.3 is 54.1 Å². The number of nitrogens with one attached hydrogen (secondary N) is 4. The number of nitrogens with zero attached hydrogens (tertiary/aromatic N) is 4. The zero-order chi connectivity index (χ0) is 49.1. The number of imidazole rings is 2. The monoisotopic (exact) mass is 961 g/mol. The van der Waals surface area contributed by atoms with E-state index in [9.17, 15) is 19.2 Å². The van der Waals surface area contributed by atoms with Gasteiger partial charge in [-0.3, -0.25) is 9.59 Å². The first-order valence-electron chi connectivity index (χ1n) is 25.4. The number of methoxy groups -OCH3 is 2. The van der Waals surface area contributed by atoms with Gasteiger partial charge in [0, 0.05) is 28.9 Å². The van der Waals surface area contributed by atoms with Crippen molar-refractivity contribution in [3.63, 3.8) is 0 Å². The van der Waals surface area contributed by atoms with Gasteiger partial charge in [-0.1, -0.05) is 12.1 Å². The molecule has 4 N–H and O–H groups in total. The highest BCUT2D eigenvalue weighted by Crippen LogP contribution is 2.47. The minimum Gasteiger partial charge on any atom is -0.488 e. The number of ether oxygens (including phenoxy) is 5. The second-order valence-electron chi connectivity index (χ2n) is 20.9. The van der Waals surface area contributed by atoms with Gasteiger partial charge in [0.2, 0.25) is 11.8 Å². The lowest BCUT2D eigenvalue weighted by Gasteiger charge is -2.39. The molecule has 17 nitrogen and oxygen atoms in total. The molecule has 4 saturated heterocycles. The summed E-state index contributed by atoms with van der Waals surface area (Å²) < 4.78 is 28.5. The maximum atomic E-state index is 14.6. The van der Waals surface area contributed by atoms with Crippen LogP contribution in [0.3, 0.4) is 0 Å². The van der Waals surface area contributed by atoms with E-state index in [1.54, 1.807) is 0 Å². The zero-order valence-electron chi connectivity index (χ0n) is 41.6. The Kier molecular flexibility index (Phi) is 13.2. The lowest BCUT2D eigenvalue weighted by Crippen LogP contribution is -2.55. The van der Waals surface area contributed by atoms with E-state index in [0.717, 1.165) is 95.0 Å². The Labute approximate surface area is 409 Å². The van der Waals surface area contributed by atoms with Gasteiger partial charge >= 0.3 is 12.2 Å². The number of hydrogen-bond acceptors (Lipinski definition) is 11. The number of alkyl carbamates (subject to hydrolysis) is 2. The zero-order valence-corrected chi connectivity index (χ0v) is 41.6. The van der Waals surface area contributed by atoms with E-state index in [0.29, 0.717) is 38.1 Å². The predicted molar refractivity (Wildman–Crippen MR) is 259 cm³/mol. The molecule has 6 aliphatic rings. The summed E-state index contributed by atoms with van der Waals surface area (Å²) in [6.07, 6.45) is 7.85. The third-order valence-corrected chi connectivity index (χ3v) is 15.9. The number of benzene rings is 2. The average molecular weight is 961 g/mol. The first-order chi connectivity index (χ1) is 33.7. The van der Waals surface area contributed by atoms with E-state index in [1.165, 1.54) is 19.8 Å². The van der Waals surface area contributed by atoms with Gasteiger partial charge in [-0.2, -0.15) is 0 Å². The molecule has 4 fully saturated rings. The van der Waals surface area contributed by atoms with Crippen molar-refractivity contribution in [2.45, 2.75) is 173 Å². The molecule has 10 atom stereocenters. The molecule has 374 valence electrons. The summed E-state index contributed by atoms with van der Waals surface area (Å²) in [4.78, 5) is 75.6. The molecular formula is C53H68N8O9. The van der Waals surface area contributed by atoms with E-state index in [2.05, 4.69) is 64.8 Å². The molecule has 10 rings (SSSR count). The Morgan fingerprint density at radius 1 is 0.671 bits per heavy atom. The van der Waals surface area contributed by atoms with Gasteiger partial charge in [0.05, 0.1) is 68.3 Å². The van der Waals surface area contributed by atoms with Crippen molar-refractivity contribution in [3.05, 3.63) is 65.0 Å². The number of H-pyrrole nitrogens is 2. The van der Waals surface area contributed by atoms with Crippen LogP contribution >= 0.6 is 0 Å². The molecule has 2 aromatic heterocycles. The van der Waals surface area contributed by atoms with Gasteiger partial charge in [-0.25, -0.2) is 19.6 Å². The predicted octanol–water partition coefficient (Wildman–Crippen LogP) is 8.09. The summed E-state index contributed by atoms with van der Waals surface area (Å²) >= 11 is 0. The molecular weight excluding hydrogens is 893 g/mol. The molecule has 4 aromatic rings. The second-order valence-corrected chi connectivity index (χ2v) is 20.9. The van der Waals surface area contributed by atoms with E-state index in [1.807, 2.05) is 43.7 Å². The Morgan fingerprint density at radius 2 is 1.24 bits per heavy atom. The van der Waals surface area contributed by atoms with E-state index in [-0.39, 0.29) is 72.2 Å². The fourth-order valence-corrected chi connectivity index (χ4v) is 12.7. The van der Waals surface area contributed by atoms with Crippen LogP contribution in [0.5, 0.6) is 5.75 Å². The van der Waals surface area contributed by atoms with Gasteiger partial charge in [-0.05, 0) is 158 Å². The molecule has 10 unspecified atom stereocenters. The molecule has 0 saturated carbocycles. The Morgan fingerprint density at radius 3 is 1.81 bits per heavy atom. The molecule has 0 radical (unpaired) electrons. The van der Waals surface area contributed by atoms with Crippen molar-refractivity contribution < 1.29 is 42.9 Å². The molecule has 1 aliphatic carbocycles. The van der Waals surface area contributed by atoms with Crippen LogP contribution in [0.4, 0.5) is 9.59 Å². The van der Waals surface area contributed by atoms with Crippen LogP contribution in [-0.4, -0.2) is 117 Å². The average Bonchev–Trinajstić information content (AvgIpc) is 4.16. The van der Waals surface area contributed by atoms with Crippen molar-refractivity contribution in [3.8, 4) is 39.4 Å². The van der Waals surface area contributed by atoms with Gasteiger partial charge in [-0.15, -0.1) is 0 Å². The lowest BCUT2D eigenvalue weighted by molar-refractivity contribution is -0.141. The molecule has 17 heteroatoms. The number of aromatic nitrogens is 4. The minimum atomic E-state index is -0.746. The molecule has 4 amide bonds. The minimum absolute atomic E-state index is 0.0296. The third kappa shape index (κ3) is 9.03. The number of hydrogen-bond donors (Lipinski definition) is 4. The van der Waals surface area contributed by atoms with Crippen LogP contribution in [-0.2, 0) is 48.0 Å². The molecule has 70 heavy (non-hydrogen) atoms. The van der Waals surface area contributed by atoms with Crippen LogP contribution in [0.25, 0.3) is 33.6 Å². The molecule has 5 aliphatic heterocycles. The Bertz CT molecular complexity index is 2630. The largest absolute Gasteiger partial charge is 0.488 e. The molecule has 0 bridgehead atoms. The Hall–Kier alpha value is -5.94. The topological polar surface area (TPSA) is 202 Å². The first kappa shape index (κ1) is 47.7.